The van der Waals surface area contributed by atoms with E-state index in [1.54, 1.807) is 47.4 Å². The third-order valence-corrected chi connectivity index (χ3v) is 6.07. The summed E-state index contributed by atoms with van der Waals surface area (Å²) in [5, 5.41) is -0.661. The summed E-state index contributed by atoms with van der Waals surface area (Å²) in [4.78, 5) is 18.4. The van der Waals surface area contributed by atoms with Crippen LogP contribution in [-0.4, -0.2) is 49.7 Å². The van der Waals surface area contributed by atoms with Gasteiger partial charge in [-0.15, -0.1) is 0 Å². The summed E-state index contributed by atoms with van der Waals surface area (Å²) in [6.45, 7) is 0.648. The maximum absolute atomic E-state index is 12.7. The van der Waals surface area contributed by atoms with Crippen LogP contribution in [0.25, 0.3) is 0 Å². The predicted molar refractivity (Wildman–Crippen MR) is 98.7 cm³/mol. The van der Waals surface area contributed by atoms with Gasteiger partial charge < -0.3 is 9.64 Å². The number of likely N-dealkylation sites (tertiary alicyclic amines) is 1. The van der Waals surface area contributed by atoms with E-state index >= 15 is 0 Å². The van der Waals surface area contributed by atoms with Crippen LogP contribution < -0.4 is 9.46 Å². The van der Waals surface area contributed by atoms with Crippen LogP contribution in [0.2, 0.25) is 0 Å². The third-order valence-electron chi connectivity index (χ3n) is 4.29. The molecule has 0 saturated carbocycles. The van der Waals surface area contributed by atoms with Gasteiger partial charge in [0, 0.05) is 24.8 Å². The molecule has 1 N–H and O–H groups in total. The number of hydrogen-bond donors (Lipinski definition) is 1. The summed E-state index contributed by atoms with van der Waals surface area (Å²) in [5.74, 6) is 0.0614. The van der Waals surface area contributed by atoms with Gasteiger partial charge in [-0.1, -0.05) is 24.3 Å². The normalized spacial score (nSPS) is 17.6. The average Bonchev–Trinajstić information content (AvgIpc) is 2.68. The largest absolute Gasteiger partial charge is 0.481 e. The second-order valence-electron chi connectivity index (χ2n) is 6.09. The van der Waals surface area contributed by atoms with Crippen molar-refractivity contribution in [3.05, 3.63) is 54.2 Å². The van der Waals surface area contributed by atoms with E-state index in [0.717, 1.165) is 0 Å². The first-order chi connectivity index (χ1) is 12.5. The summed E-state index contributed by atoms with van der Waals surface area (Å²) in [6, 6.07) is 13.7. The minimum atomic E-state index is -3.59. The van der Waals surface area contributed by atoms with Gasteiger partial charge in [0.2, 0.25) is 15.9 Å². The second kappa shape index (κ2) is 7.74. The molecule has 1 amide bonds. The number of rotatable bonds is 5. The fourth-order valence-electron chi connectivity index (χ4n) is 2.94. The van der Waals surface area contributed by atoms with E-state index in [1.165, 1.54) is 7.11 Å². The Bertz CT molecular complexity index is 871. The van der Waals surface area contributed by atoms with Crippen LogP contribution in [0.3, 0.4) is 0 Å². The first kappa shape index (κ1) is 18.2. The minimum absolute atomic E-state index is 0.139. The van der Waals surface area contributed by atoms with Gasteiger partial charge in [-0.05, 0) is 31.0 Å². The number of amides is 1. The van der Waals surface area contributed by atoms with Crippen LogP contribution in [0, 0.1) is 0 Å². The second-order valence-corrected chi connectivity index (χ2v) is 8.05. The molecular formula is C18H21N3O4S. The molecule has 26 heavy (non-hydrogen) atoms. The number of methoxy groups -OCH3 is 1. The summed E-state index contributed by atoms with van der Waals surface area (Å²) >= 11 is 0. The molecule has 1 fully saturated rings. The van der Waals surface area contributed by atoms with Crippen molar-refractivity contribution in [1.29, 1.82) is 0 Å². The Morgan fingerprint density at radius 2 is 1.96 bits per heavy atom. The predicted octanol–water partition coefficient (Wildman–Crippen LogP) is 2.14. The van der Waals surface area contributed by atoms with Gasteiger partial charge in [-0.2, -0.15) is 0 Å². The molecule has 2 aromatic rings. The van der Waals surface area contributed by atoms with Crippen LogP contribution in [0.4, 0.5) is 5.69 Å². The SMILES string of the molecule is COc1cccc(C(=O)N2CCCC(S(=O)(=O)Nc3ccccc3)C2)n1. The Labute approximate surface area is 153 Å². The van der Waals surface area contributed by atoms with Crippen molar-refractivity contribution in [2.75, 3.05) is 24.9 Å². The number of nitrogens with one attached hydrogen (secondary N) is 1. The number of pyridine rings is 1. The quantitative estimate of drug-likeness (QED) is 0.865. The van der Waals surface area contributed by atoms with Crippen LogP contribution in [0.5, 0.6) is 5.88 Å². The van der Waals surface area contributed by atoms with E-state index in [0.29, 0.717) is 31.0 Å². The number of nitrogens with zero attached hydrogens (tertiary/aromatic N) is 2. The number of carbonyl (C=O) groups is 1. The molecule has 7 nitrogen and oxygen atoms in total. The van der Waals surface area contributed by atoms with Gasteiger partial charge in [0.05, 0.1) is 12.4 Å². The summed E-state index contributed by atoms with van der Waals surface area (Å²) in [7, 11) is -2.11. The summed E-state index contributed by atoms with van der Waals surface area (Å²) < 4.78 is 33.0. The third kappa shape index (κ3) is 4.13. The molecule has 3 rings (SSSR count). The number of hydrogen-bond acceptors (Lipinski definition) is 5. The molecule has 2 heterocycles. The Balaban J connectivity index is 1.73. The number of aromatic nitrogens is 1. The Morgan fingerprint density at radius 1 is 1.19 bits per heavy atom. The topological polar surface area (TPSA) is 88.6 Å². The Kier molecular flexibility index (Phi) is 5.41. The molecule has 1 unspecified atom stereocenters. The van der Waals surface area contributed by atoms with Crippen LogP contribution in [0.1, 0.15) is 23.3 Å². The fraction of sp³-hybridized carbons (Fsp3) is 0.333. The van der Waals surface area contributed by atoms with Gasteiger partial charge in [-0.3, -0.25) is 9.52 Å². The van der Waals surface area contributed by atoms with Crippen molar-refractivity contribution in [2.45, 2.75) is 18.1 Å². The molecule has 138 valence electrons. The monoisotopic (exact) mass is 375 g/mol. The van der Waals surface area contributed by atoms with Crippen LogP contribution >= 0.6 is 0 Å². The maximum atomic E-state index is 12.7. The van der Waals surface area contributed by atoms with E-state index in [1.807, 2.05) is 6.07 Å². The van der Waals surface area contributed by atoms with E-state index in [9.17, 15) is 13.2 Å². The van der Waals surface area contributed by atoms with E-state index in [4.69, 9.17) is 4.74 Å². The first-order valence-electron chi connectivity index (χ1n) is 8.36. The van der Waals surface area contributed by atoms with Crippen LogP contribution in [-0.2, 0) is 10.0 Å². The van der Waals surface area contributed by atoms with Crippen molar-refractivity contribution in [3.8, 4) is 5.88 Å². The molecule has 1 aromatic heterocycles. The number of para-hydroxylation sites is 1. The minimum Gasteiger partial charge on any atom is -0.481 e. The lowest BCUT2D eigenvalue weighted by atomic mass is 10.1. The van der Waals surface area contributed by atoms with Gasteiger partial charge in [0.25, 0.3) is 5.91 Å². The lowest BCUT2D eigenvalue weighted by Crippen LogP contribution is -2.46. The van der Waals surface area contributed by atoms with Gasteiger partial charge in [-0.25, -0.2) is 13.4 Å². The lowest BCUT2D eigenvalue weighted by Gasteiger charge is -2.32. The number of sulfonamides is 1. The standard InChI is InChI=1S/C18H21N3O4S/c1-25-17-11-5-10-16(19-17)18(22)21-12-6-9-15(13-21)26(23,24)20-14-7-3-2-4-8-14/h2-5,7-8,10-11,15,20H,6,9,12-13H2,1H3. The van der Waals surface area contributed by atoms with Gasteiger partial charge in [0.1, 0.15) is 5.69 Å². The van der Waals surface area contributed by atoms with Crippen molar-refractivity contribution < 1.29 is 17.9 Å². The molecular weight excluding hydrogens is 354 g/mol. The number of carbonyl (C=O) groups excluding carboxylic acids is 1. The first-order valence-corrected chi connectivity index (χ1v) is 9.91. The molecule has 1 saturated heterocycles. The molecule has 0 spiro atoms. The van der Waals surface area contributed by atoms with E-state index < -0.39 is 15.3 Å². The molecule has 0 bridgehead atoms. The molecule has 0 radical (unpaired) electrons. The molecule has 1 aromatic carbocycles. The van der Waals surface area contributed by atoms with Crippen LogP contribution in [0.15, 0.2) is 48.5 Å². The highest BCUT2D eigenvalue weighted by atomic mass is 32.2. The zero-order valence-corrected chi connectivity index (χ0v) is 15.3. The highest BCUT2D eigenvalue weighted by molar-refractivity contribution is 7.93. The van der Waals surface area contributed by atoms with Crippen molar-refractivity contribution in [3.63, 3.8) is 0 Å². The molecule has 1 aliphatic rings. The Hall–Kier alpha value is -2.61. The highest BCUT2D eigenvalue weighted by Gasteiger charge is 2.33. The number of anilines is 1. The highest BCUT2D eigenvalue weighted by Crippen LogP contribution is 2.21. The van der Waals surface area contributed by atoms with E-state index in [2.05, 4.69) is 9.71 Å². The lowest BCUT2D eigenvalue weighted by molar-refractivity contribution is 0.0720. The van der Waals surface area contributed by atoms with E-state index in [-0.39, 0.29) is 18.1 Å². The van der Waals surface area contributed by atoms with Crippen molar-refractivity contribution in [2.24, 2.45) is 0 Å². The summed E-state index contributed by atoms with van der Waals surface area (Å²) in [5.41, 5.74) is 0.767. The fourth-order valence-corrected chi connectivity index (χ4v) is 4.42. The Morgan fingerprint density at radius 3 is 2.69 bits per heavy atom. The smallest absolute Gasteiger partial charge is 0.272 e. The maximum Gasteiger partial charge on any atom is 0.272 e. The summed E-state index contributed by atoms with van der Waals surface area (Å²) in [6.07, 6.45) is 1.13. The average molecular weight is 375 g/mol. The molecule has 0 aliphatic carbocycles. The number of benzene rings is 1. The zero-order chi connectivity index (χ0) is 18.6. The van der Waals surface area contributed by atoms with Crippen molar-refractivity contribution >= 4 is 21.6 Å². The molecule has 1 atom stereocenters. The van der Waals surface area contributed by atoms with Gasteiger partial charge >= 0.3 is 0 Å². The zero-order valence-electron chi connectivity index (χ0n) is 14.5. The number of piperidine rings is 1. The molecule has 1 aliphatic heterocycles. The van der Waals surface area contributed by atoms with Crippen molar-refractivity contribution in [1.82, 2.24) is 9.88 Å². The molecule has 8 heteroatoms. The van der Waals surface area contributed by atoms with Gasteiger partial charge in [0.15, 0.2) is 0 Å². The number of ether oxygens (including phenoxy) is 1.